The number of hydrogen-bond acceptors (Lipinski definition) is 5. The van der Waals surface area contributed by atoms with Crippen molar-refractivity contribution in [3.63, 3.8) is 0 Å². The van der Waals surface area contributed by atoms with Gasteiger partial charge in [0.2, 0.25) is 6.79 Å². The molecule has 6 nitrogen and oxygen atoms in total. The lowest BCUT2D eigenvalue weighted by atomic mass is 9.98. The summed E-state index contributed by atoms with van der Waals surface area (Å²) in [7, 11) is 0. The minimum Gasteiger partial charge on any atom is -0.454 e. The Morgan fingerprint density at radius 3 is 2.76 bits per heavy atom. The van der Waals surface area contributed by atoms with Crippen LogP contribution in [0, 0.1) is 0 Å². The van der Waals surface area contributed by atoms with Gasteiger partial charge in [0.25, 0.3) is 11.8 Å². The quantitative estimate of drug-likeness (QED) is 0.716. The number of nitrogens with one attached hydrogen (secondary N) is 1. The smallest absolute Gasteiger partial charge is 0.264 e. The molecule has 0 aliphatic carbocycles. The molecule has 3 heterocycles. The summed E-state index contributed by atoms with van der Waals surface area (Å²) in [6.45, 7) is 1.42. The summed E-state index contributed by atoms with van der Waals surface area (Å²) in [6, 6.07) is 14.7. The van der Waals surface area contributed by atoms with Crippen LogP contribution in [-0.4, -0.2) is 30.1 Å². The largest absolute Gasteiger partial charge is 0.454 e. The van der Waals surface area contributed by atoms with E-state index in [0.29, 0.717) is 35.8 Å². The highest BCUT2D eigenvalue weighted by atomic mass is 32.1. The van der Waals surface area contributed by atoms with E-state index < -0.39 is 0 Å². The minimum atomic E-state index is -0.217. The Balaban J connectivity index is 1.32. The standard InChI is InChI=1S/C22H18N2O4S/c25-21(15-4-6-18-19(11-15)28-13-27-18)23-17-5-3-14-7-8-24(12-16(14)10-17)22(26)20-2-1-9-29-20/h1-6,9-11H,7-8,12-13H2,(H,23,25). The summed E-state index contributed by atoms with van der Waals surface area (Å²) in [5, 5.41) is 4.85. The second-order valence-electron chi connectivity index (χ2n) is 6.96. The van der Waals surface area contributed by atoms with Gasteiger partial charge in [-0.1, -0.05) is 12.1 Å². The zero-order chi connectivity index (χ0) is 19.8. The lowest BCUT2D eigenvalue weighted by Crippen LogP contribution is -2.35. The number of hydrogen-bond donors (Lipinski definition) is 1. The summed E-state index contributed by atoms with van der Waals surface area (Å²) in [6.07, 6.45) is 0.808. The van der Waals surface area contributed by atoms with Gasteiger partial charge >= 0.3 is 0 Å². The number of thiophene rings is 1. The van der Waals surface area contributed by atoms with Crippen molar-refractivity contribution < 1.29 is 19.1 Å². The van der Waals surface area contributed by atoms with Gasteiger partial charge in [-0.2, -0.15) is 0 Å². The first kappa shape index (κ1) is 17.8. The van der Waals surface area contributed by atoms with Crippen LogP contribution in [0.3, 0.4) is 0 Å². The van der Waals surface area contributed by atoms with Crippen LogP contribution in [0.5, 0.6) is 11.5 Å². The molecule has 1 aromatic heterocycles. The molecule has 3 aromatic rings. The lowest BCUT2D eigenvalue weighted by molar-refractivity contribution is 0.0739. The first-order chi connectivity index (χ1) is 14.2. The van der Waals surface area contributed by atoms with Gasteiger partial charge < -0.3 is 19.7 Å². The molecule has 7 heteroatoms. The molecule has 0 spiro atoms. The molecule has 2 aromatic carbocycles. The number of benzene rings is 2. The van der Waals surface area contributed by atoms with E-state index in [9.17, 15) is 9.59 Å². The number of rotatable bonds is 3. The Kier molecular flexibility index (Phi) is 4.44. The molecular formula is C22H18N2O4S. The zero-order valence-corrected chi connectivity index (χ0v) is 16.3. The van der Waals surface area contributed by atoms with Gasteiger partial charge in [-0.05, 0) is 59.3 Å². The SMILES string of the molecule is O=C(Nc1ccc2c(c1)CN(C(=O)c1cccs1)CC2)c1ccc2c(c1)OCO2. The molecule has 146 valence electrons. The number of amides is 2. The Morgan fingerprint density at radius 2 is 1.90 bits per heavy atom. The summed E-state index contributed by atoms with van der Waals surface area (Å²) in [5.74, 6) is 1.06. The monoisotopic (exact) mass is 406 g/mol. The average molecular weight is 406 g/mol. The fourth-order valence-corrected chi connectivity index (χ4v) is 4.30. The predicted octanol–water partition coefficient (Wildman–Crippen LogP) is 3.93. The van der Waals surface area contributed by atoms with E-state index in [-0.39, 0.29) is 18.6 Å². The van der Waals surface area contributed by atoms with E-state index in [1.54, 1.807) is 18.2 Å². The van der Waals surface area contributed by atoms with Gasteiger partial charge in [-0.25, -0.2) is 0 Å². The van der Waals surface area contributed by atoms with E-state index in [1.807, 2.05) is 40.6 Å². The molecule has 0 fully saturated rings. The Bertz CT molecular complexity index is 1090. The van der Waals surface area contributed by atoms with Crippen molar-refractivity contribution in [2.75, 3.05) is 18.7 Å². The Hall–Kier alpha value is -3.32. The van der Waals surface area contributed by atoms with Crippen molar-refractivity contribution >= 4 is 28.8 Å². The number of nitrogens with zero attached hydrogens (tertiary/aromatic N) is 1. The van der Waals surface area contributed by atoms with Crippen molar-refractivity contribution in [1.29, 1.82) is 0 Å². The van der Waals surface area contributed by atoms with Gasteiger partial charge in [0.1, 0.15) is 0 Å². The summed E-state index contributed by atoms with van der Waals surface area (Å²) in [5.41, 5.74) is 3.48. The fourth-order valence-electron chi connectivity index (χ4n) is 3.61. The molecule has 0 unspecified atom stereocenters. The number of anilines is 1. The molecule has 0 saturated carbocycles. The number of fused-ring (bicyclic) bond motifs is 2. The first-order valence-corrected chi connectivity index (χ1v) is 10.2. The number of carbonyl (C=O) groups excluding carboxylic acids is 2. The van der Waals surface area contributed by atoms with Crippen molar-refractivity contribution in [1.82, 2.24) is 4.90 Å². The second kappa shape index (κ2) is 7.25. The Morgan fingerprint density at radius 1 is 1.00 bits per heavy atom. The molecule has 0 saturated heterocycles. The molecule has 0 bridgehead atoms. The molecule has 0 radical (unpaired) electrons. The van der Waals surface area contributed by atoms with Crippen LogP contribution >= 0.6 is 11.3 Å². The molecule has 0 atom stereocenters. The van der Waals surface area contributed by atoms with Crippen molar-refractivity contribution in [3.8, 4) is 11.5 Å². The molecule has 2 amide bonds. The van der Waals surface area contributed by atoms with Crippen molar-refractivity contribution in [2.24, 2.45) is 0 Å². The number of carbonyl (C=O) groups is 2. The Labute approximate surface area is 171 Å². The van der Waals surface area contributed by atoms with Gasteiger partial charge in [0, 0.05) is 24.3 Å². The summed E-state index contributed by atoms with van der Waals surface area (Å²) < 4.78 is 10.6. The van der Waals surface area contributed by atoms with Crippen LogP contribution in [-0.2, 0) is 13.0 Å². The van der Waals surface area contributed by atoms with Crippen LogP contribution in [0.15, 0.2) is 53.9 Å². The van der Waals surface area contributed by atoms with Gasteiger partial charge in [-0.3, -0.25) is 9.59 Å². The molecule has 5 rings (SSSR count). The maximum Gasteiger partial charge on any atom is 0.264 e. The highest BCUT2D eigenvalue weighted by molar-refractivity contribution is 7.12. The van der Waals surface area contributed by atoms with E-state index >= 15 is 0 Å². The van der Waals surface area contributed by atoms with Crippen LogP contribution < -0.4 is 14.8 Å². The first-order valence-electron chi connectivity index (χ1n) is 9.33. The van der Waals surface area contributed by atoms with E-state index in [0.717, 1.165) is 16.9 Å². The third-order valence-corrected chi connectivity index (χ3v) is 5.99. The summed E-state index contributed by atoms with van der Waals surface area (Å²) >= 11 is 1.46. The fraction of sp³-hybridized carbons (Fsp3) is 0.182. The van der Waals surface area contributed by atoms with Gasteiger partial charge in [0.15, 0.2) is 11.5 Å². The van der Waals surface area contributed by atoms with Crippen LogP contribution in [0.2, 0.25) is 0 Å². The molecule has 2 aliphatic rings. The minimum absolute atomic E-state index is 0.0560. The third-order valence-electron chi connectivity index (χ3n) is 5.13. The lowest BCUT2D eigenvalue weighted by Gasteiger charge is -2.29. The molecular weight excluding hydrogens is 388 g/mol. The van der Waals surface area contributed by atoms with Crippen LogP contribution in [0.25, 0.3) is 0 Å². The van der Waals surface area contributed by atoms with Crippen molar-refractivity contribution in [2.45, 2.75) is 13.0 Å². The van der Waals surface area contributed by atoms with Gasteiger partial charge in [0.05, 0.1) is 4.88 Å². The third kappa shape index (κ3) is 3.45. The van der Waals surface area contributed by atoms with Crippen LogP contribution in [0.1, 0.15) is 31.2 Å². The van der Waals surface area contributed by atoms with E-state index in [2.05, 4.69) is 5.32 Å². The zero-order valence-electron chi connectivity index (χ0n) is 15.5. The van der Waals surface area contributed by atoms with E-state index in [4.69, 9.17) is 9.47 Å². The number of ether oxygens (including phenoxy) is 2. The topological polar surface area (TPSA) is 67.9 Å². The highest BCUT2D eigenvalue weighted by Crippen LogP contribution is 2.33. The molecule has 1 N–H and O–H groups in total. The van der Waals surface area contributed by atoms with Crippen molar-refractivity contribution in [3.05, 3.63) is 75.5 Å². The highest BCUT2D eigenvalue weighted by Gasteiger charge is 2.23. The predicted molar refractivity (Wildman–Crippen MR) is 110 cm³/mol. The van der Waals surface area contributed by atoms with Crippen LogP contribution in [0.4, 0.5) is 5.69 Å². The van der Waals surface area contributed by atoms with E-state index in [1.165, 1.54) is 16.9 Å². The molecule has 2 aliphatic heterocycles. The maximum atomic E-state index is 12.7. The van der Waals surface area contributed by atoms with Gasteiger partial charge in [-0.15, -0.1) is 11.3 Å². The second-order valence-corrected chi connectivity index (χ2v) is 7.91. The molecule has 29 heavy (non-hydrogen) atoms. The maximum absolute atomic E-state index is 12.7. The summed E-state index contributed by atoms with van der Waals surface area (Å²) in [4.78, 5) is 27.9. The average Bonchev–Trinajstić information content (AvgIpc) is 3.44. The normalized spacial score (nSPS) is 14.4.